The molecule has 1 aliphatic heterocycles. The Morgan fingerprint density at radius 2 is 2.05 bits per heavy atom. The van der Waals surface area contributed by atoms with Crippen LogP contribution in [-0.2, 0) is 4.79 Å². The van der Waals surface area contributed by atoms with Crippen molar-refractivity contribution in [2.45, 2.75) is 12.0 Å². The highest BCUT2D eigenvalue weighted by Crippen LogP contribution is 2.24. The van der Waals surface area contributed by atoms with Gasteiger partial charge in [-0.3, -0.25) is 4.79 Å². The Morgan fingerprint density at radius 3 is 2.67 bits per heavy atom. The minimum absolute atomic E-state index is 0.00263. The highest BCUT2D eigenvalue weighted by atomic mass is 16.3. The lowest BCUT2D eigenvalue weighted by Crippen LogP contribution is -2.47. The van der Waals surface area contributed by atoms with Gasteiger partial charge in [0.25, 0.3) is 0 Å². The molecule has 1 N–H and O–H groups in total. The molecule has 21 heavy (non-hydrogen) atoms. The molecule has 0 aromatic carbocycles. The molecule has 0 bridgehead atoms. The van der Waals surface area contributed by atoms with Crippen LogP contribution in [0.5, 0.6) is 0 Å². The van der Waals surface area contributed by atoms with Gasteiger partial charge in [-0.25, -0.2) is 9.97 Å². The van der Waals surface area contributed by atoms with E-state index in [0.29, 0.717) is 38.5 Å². The maximum absolute atomic E-state index is 12.0. The summed E-state index contributed by atoms with van der Waals surface area (Å²) >= 11 is 0. The molecule has 1 amide bonds. The van der Waals surface area contributed by atoms with Gasteiger partial charge in [0.2, 0.25) is 11.9 Å². The van der Waals surface area contributed by atoms with Crippen LogP contribution in [0.15, 0.2) is 18.5 Å². The fourth-order valence-electron chi connectivity index (χ4n) is 2.53. The van der Waals surface area contributed by atoms with Gasteiger partial charge in [-0.05, 0) is 26.6 Å². The molecule has 1 saturated heterocycles. The van der Waals surface area contributed by atoms with Gasteiger partial charge in [-0.1, -0.05) is 0 Å². The molecule has 0 radical (unpaired) electrons. The van der Waals surface area contributed by atoms with Crippen molar-refractivity contribution in [3.63, 3.8) is 0 Å². The Balaban J connectivity index is 1.93. The van der Waals surface area contributed by atoms with Crippen LogP contribution in [0.1, 0.15) is 6.42 Å². The minimum atomic E-state index is -0.907. The Labute approximate surface area is 125 Å². The van der Waals surface area contributed by atoms with Crippen molar-refractivity contribution in [2.24, 2.45) is 0 Å². The van der Waals surface area contributed by atoms with Gasteiger partial charge in [0.05, 0.1) is 19.6 Å². The zero-order valence-electron chi connectivity index (χ0n) is 12.9. The van der Waals surface area contributed by atoms with Crippen molar-refractivity contribution < 1.29 is 9.90 Å². The fourth-order valence-corrected chi connectivity index (χ4v) is 2.53. The number of rotatable bonds is 5. The smallest absolute Gasteiger partial charge is 0.236 e. The van der Waals surface area contributed by atoms with Gasteiger partial charge in [-0.15, -0.1) is 0 Å². The second-order valence-corrected chi connectivity index (χ2v) is 5.93. The molecule has 0 saturated carbocycles. The van der Waals surface area contributed by atoms with E-state index in [-0.39, 0.29) is 5.91 Å². The van der Waals surface area contributed by atoms with Crippen LogP contribution in [0.2, 0.25) is 0 Å². The molecule has 7 heteroatoms. The summed E-state index contributed by atoms with van der Waals surface area (Å²) in [5.41, 5.74) is -0.907. The Hall–Kier alpha value is -1.73. The molecular weight excluding hydrogens is 270 g/mol. The topological polar surface area (TPSA) is 72.8 Å². The van der Waals surface area contributed by atoms with Crippen LogP contribution >= 0.6 is 0 Å². The highest BCUT2D eigenvalue weighted by molar-refractivity contribution is 5.78. The Kier molecular flexibility index (Phi) is 4.74. The molecule has 0 unspecified atom stereocenters. The maximum atomic E-state index is 12.0. The second-order valence-electron chi connectivity index (χ2n) is 5.93. The van der Waals surface area contributed by atoms with Crippen LogP contribution in [-0.4, -0.2) is 83.7 Å². The third kappa shape index (κ3) is 4.12. The first-order valence-electron chi connectivity index (χ1n) is 7.03. The Morgan fingerprint density at radius 1 is 1.38 bits per heavy atom. The average molecular weight is 293 g/mol. The quantitative estimate of drug-likeness (QED) is 0.784. The van der Waals surface area contributed by atoms with Gasteiger partial charge in [0.15, 0.2) is 0 Å². The number of β-amino-alcohol motifs (C(OH)–C–C–N with tert-alkyl or cyclic N) is 1. The van der Waals surface area contributed by atoms with Gasteiger partial charge >= 0.3 is 0 Å². The van der Waals surface area contributed by atoms with Crippen LogP contribution in [0.25, 0.3) is 0 Å². The van der Waals surface area contributed by atoms with Crippen molar-refractivity contribution in [1.29, 1.82) is 0 Å². The monoisotopic (exact) mass is 293 g/mol. The summed E-state index contributed by atoms with van der Waals surface area (Å²) < 4.78 is 0. The van der Waals surface area contributed by atoms with Crippen molar-refractivity contribution in [3.05, 3.63) is 18.5 Å². The van der Waals surface area contributed by atoms with Gasteiger partial charge in [0, 0.05) is 26.0 Å². The number of amides is 1. The molecule has 1 atom stereocenters. The van der Waals surface area contributed by atoms with Gasteiger partial charge in [-0.2, -0.15) is 0 Å². The number of likely N-dealkylation sites (N-methyl/N-ethyl adjacent to an activating group) is 2. The first-order valence-corrected chi connectivity index (χ1v) is 7.03. The van der Waals surface area contributed by atoms with Gasteiger partial charge < -0.3 is 19.8 Å². The normalized spacial score (nSPS) is 21.9. The zero-order valence-corrected chi connectivity index (χ0v) is 12.9. The number of anilines is 1. The standard InChI is InChI=1S/C14H23N5O2/c1-17(2)9-12(20)18(3)10-14(21)5-8-19(11-14)13-15-6-4-7-16-13/h4,6-7,21H,5,8-11H2,1-3H3/t14-/m0/s1. The molecule has 116 valence electrons. The van der Waals surface area contributed by atoms with Crippen LogP contribution in [0, 0.1) is 0 Å². The molecule has 0 spiro atoms. The van der Waals surface area contributed by atoms with E-state index in [4.69, 9.17) is 0 Å². The van der Waals surface area contributed by atoms with E-state index in [2.05, 4.69) is 9.97 Å². The van der Waals surface area contributed by atoms with Crippen molar-refractivity contribution in [2.75, 3.05) is 52.2 Å². The predicted octanol–water partition coefficient (Wildman–Crippen LogP) is -0.562. The van der Waals surface area contributed by atoms with E-state index in [1.807, 2.05) is 23.9 Å². The molecule has 1 fully saturated rings. The maximum Gasteiger partial charge on any atom is 0.236 e. The lowest BCUT2D eigenvalue weighted by molar-refractivity contribution is -0.133. The molecule has 1 aromatic heterocycles. The first kappa shape index (κ1) is 15.7. The molecule has 0 aliphatic carbocycles. The summed E-state index contributed by atoms with van der Waals surface area (Å²) in [7, 11) is 5.43. The third-order valence-corrected chi connectivity index (χ3v) is 3.58. The highest BCUT2D eigenvalue weighted by Gasteiger charge is 2.38. The van der Waals surface area contributed by atoms with Gasteiger partial charge in [0.1, 0.15) is 5.60 Å². The minimum Gasteiger partial charge on any atom is -0.386 e. The van der Waals surface area contributed by atoms with E-state index in [1.165, 1.54) is 0 Å². The summed E-state index contributed by atoms with van der Waals surface area (Å²) in [5.74, 6) is 0.624. The molecule has 2 heterocycles. The summed E-state index contributed by atoms with van der Waals surface area (Å²) in [6, 6.07) is 1.76. The number of hydrogen-bond donors (Lipinski definition) is 1. The number of aromatic nitrogens is 2. The summed E-state index contributed by atoms with van der Waals surface area (Å²) in [5, 5.41) is 10.7. The molecule has 1 aliphatic rings. The number of aliphatic hydroxyl groups is 1. The first-order chi connectivity index (χ1) is 9.89. The number of carbonyl (C=O) groups is 1. The van der Waals surface area contributed by atoms with E-state index >= 15 is 0 Å². The van der Waals surface area contributed by atoms with Crippen molar-refractivity contribution in [3.8, 4) is 0 Å². The average Bonchev–Trinajstić information content (AvgIpc) is 2.81. The fraction of sp³-hybridized carbons (Fsp3) is 0.643. The lowest BCUT2D eigenvalue weighted by atomic mass is 10.0. The predicted molar refractivity (Wildman–Crippen MR) is 80.0 cm³/mol. The summed E-state index contributed by atoms with van der Waals surface area (Å²) in [6.45, 7) is 1.80. The number of hydrogen-bond acceptors (Lipinski definition) is 6. The molecular formula is C14H23N5O2. The van der Waals surface area contributed by atoms with E-state index in [0.717, 1.165) is 0 Å². The molecule has 2 rings (SSSR count). The number of nitrogens with zero attached hydrogens (tertiary/aromatic N) is 5. The van der Waals surface area contributed by atoms with E-state index in [9.17, 15) is 9.90 Å². The van der Waals surface area contributed by atoms with E-state index in [1.54, 1.807) is 30.4 Å². The summed E-state index contributed by atoms with van der Waals surface area (Å²) in [6.07, 6.45) is 3.98. The largest absolute Gasteiger partial charge is 0.386 e. The SMILES string of the molecule is CN(C)CC(=O)N(C)C[C@@]1(O)CCN(c2ncccn2)C1. The number of carbonyl (C=O) groups excluding carboxylic acids is 1. The zero-order chi connectivity index (χ0) is 15.5. The molecule has 7 nitrogen and oxygen atoms in total. The second kappa shape index (κ2) is 6.36. The van der Waals surface area contributed by atoms with Crippen molar-refractivity contribution in [1.82, 2.24) is 19.8 Å². The Bertz CT molecular complexity index is 482. The van der Waals surface area contributed by atoms with Crippen LogP contribution in [0.3, 0.4) is 0 Å². The lowest BCUT2D eigenvalue weighted by Gasteiger charge is -2.29. The third-order valence-electron chi connectivity index (χ3n) is 3.58. The van der Waals surface area contributed by atoms with E-state index < -0.39 is 5.60 Å². The summed E-state index contributed by atoms with van der Waals surface area (Å²) in [4.78, 5) is 25.7. The van der Waals surface area contributed by atoms with Crippen molar-refractivity contribution >= 4 is 11.9 Å². The van der Waals surface area contributed by atoms with Crippen LogP contribution < -0.4 is 4.90 Å². The molecule has 1 aromatic rings. The van der Waals surface area contributed by atoms with Crippen LogP contribution in [0.4, 0.5) is 5.95 Å².